The van der Waals surface area contributed by atoms with Gasteiger partial charge in [0.1, 0.15) is 5.82 Å². The fourth-order valence-corrected chi connectivity index (χ4v) is 2.69. The summed E-state index contributed by atoms with van der Waals surface area (Å²) in [6.07, 6.45) is 0. The predicted octanol–water partition coefficient (Wildman–Crippen LogP) is 2.30. The molecule has 0 atom stereocenters. The van der Waals surface area contributed by atoms with Crippen LogP contribution in [0.5, 0.6) is 0 Å². The lowest BCUT2D eigenvalue weighted by molar-refractivity contribution is -0.117. The van der Waals surface area contributed by atoms with Crippen molar-refractivity contribution in [1.82, 2.24) is 14.9 Å². The molecule has 6 nitrogen and oxygen atoms in total. The fraction of sp³-hybridized carbons (Fsp3) is 0.211. The van der Waals surface area contributed by atoms with E-state index in [1.54, 1.807) is 23.1 Å². The normalized spacial score (nSPS) is 11.0. The van der Waals surface area contributed by atoms with Gasteiger partial charge in [-0.05, 0) is 43.8 Å². The Hall–Kier alpha value is -2.99. The third-order valence-electron chi connectivity index (χ3n) is 3.80. The number of benzene rings is 2. The maximum Gasteiger partial charge on any atom is 0.258 e. The summed E-state index contributed by atoms with van der Waals surface area (Å²) in [5, 5.41) is 3.43. The second-order valence-electron chi connectivity index (χ2n) is 6.12. The van der Waals surface area contributed by atoms with Gasteiger partial charge in [0.25, 0.3) is 5.56 Å². The lowest BCUT2D eigenvalue weighted by Gasteiger charge is -2.16. The van der Waals surface area contributed by atoms with Crippen molar-refractivity contribution >= 4 is 22.5 Å². The summed E-state index contributed by atoms with van der Waals surface area (Å²) in [4.78, 5) is 33.3. The second kappa shape index (κ2) is 7.27. The first-order valence-corrected chi connectivity index (χ1v) is 8.04. The molecule has 0 radical (unpaired) electrons. The van der Waals surface area contributed by atoms with E-state index < -0.39 is 0 Å². The van der Waals surface area contributed by atoms with Crippen LogP contribution >= 0.6 is 0 Å². The molecule has 2 N–H and O–H groups in total. The summed E-state index contributed by atoms with van der Waals surface area (Å²) >= 11 is 0. The Bertz CT molecular complexity index is 965. The Labute approximate surface area is 145 Å². The Balaban J connectivity index is 1.65. The lowest BCUT2D eigenvalue weighted by Crippen LogP contribution is -2.31. The van der Waals surface area contributed by atoms with E-state index in [2.05, 4.69) is 15.3 Å². The van der Waals surface area contributed by atoms with Gasteiger partial charge in [-0.25, -0.2) is 4.98 Å². The number of hydrogen-bond donors (Lipinski definition) is 2. The molecule has 2 aromatic carbocycles. The molecule has 0 aliphatic heterocycles. The van der Waals surface area contributed by atoms with Gasteiger partial charge in [-0.2, -0.15) is 0 Å². The maximum atomic E-state index is 12.2. The van der Waals surface area contributed by atoms with E-state index in [0.717, 1.165) is 11.3 Å². The minimum Gasteiger partial charge on any atom is -0.325 e. The molecular weight excluding hydrogens is 316 g/mol. The average molecular weight is 336 g/mol. The number of rotatable bonds is 5. The van der Waals surface area contributed by atoms with Gasteiger partial charge in [0.2, 0.25) is 5.91 Å². The summed E-state index contributed by atoms with van der Waals surface area (Å²) in [6.45, 7) is 2.55. The Morgan fingerprint density at radius 2 is 2.00 bits per heavy atom. The minimum atomic E-state index is -0.168. The van der Waals surface area contributed by atoms with Gasteiger partial charge in [-0.3, -0.25) is 14.5 Å². The molecule has 0 bridgehead atoms. The molecule has 25 heavy (non-hydrogen) atoms. The van der Waals surface area contributed by atoms with Crippen molar-refractivity contribution in [3.63, 3.8) is 0 Å². The third-order valence-corrected chi connectivity index (χ3v) is 3.80. The maximum absolute atomic E-state index is 12.2. The van der Waals surface area contributed by atoms with Gasteiger partial charge < -0.3 is 10.3 Å². The number of hydrogen-bond acceptors (Lipinski definition) is 4. The predicted molar refractivity (Wildman–Crippen MR) is 98.5 cm³/mol. The average Bonchev–Trinajstić information content (AvgIpc) is 2.54. The van der Waals surface area contributed by atoms with Crippen LogP contribution in [-0.2, 0) is 11.3 Å². The molecular formula is C19H20N4O2. The summed E-state index contributed by atoms with van der Waals surface area (Å²) in [7, 11) is 1.81. The highest BCUT2D eigenvalue weighted by molar-refractivity contribution is 5.92. The topological polar surface area (TPSA) is 78.1 Å². The monoisotopic (exact) mass is 336 g/mol. The van der Waals surface area contributed by atoms with Gasteiger partial charge in [0.05, 0.1) is 24.0 Å². The number of aromatic amines is 1. The van der Waals surface area contributed by atoms with Gasteiger partial charge in [-0.1, -0.05) is 24.3 Å². The van der Waals surface area contributed by atoms with Gasteiger partial charge >= 0.3 is 0 Å². The number of amides is 1. The highest BCUT2D eigenvalue weighted by Crippen LogP contribution is 2.10. The van der Waals surface area contributed by atoms with Crippen LogP contribution < -0.4 is 10.9 Å². The highest BCUT2D eigenvalue weighted by Gasteiger charge is 2.10. The molecule has 3 rings (SSSR count). The van der Waals surface area contributed by atoms with E-state index in [1.807, 2.05) is 44.3 Å². The zero-order valence-electron chi connectivity index (χ0n) is 14.2. The molecule has 0 spiro atoms. The first kappa shape index (κ1) is 16.9. The number of carbonyl (C=O) groups excluding carboxylic acids is 1. The van der Waals surface area contributed by atoms with Crippen LogP contribution in [0.1, 0.15) is 11.4 Å². The van der Waals surface area contributed by atoms with Gasteiger partial charge in [0.15, 0.2) is 0 Å². The first-order chi connectivity index (χ1) is 12.0. The van der Waals surface area contributed by atoms with Crippen LogP contribution in [0.4, 0.5) is 5.69 Å². The van der Waals surface area contributed by atoms with Gasteiger partial charge in [0, 0.05) is 5.69 Å². The SMILES string of the molecule is Cc1cccc(NC(=O)CN(C)Cc2nc3ccccc3c(=O)[nH]2)c1. The molecule has 1 heterocycles. The smallest absolute Gasteiger partial charge is 0.258 e. The highest BCUT2D eigenvalue weighted by atomic mass is 16.2. The van der Waals surface area contributed by atoms with Crippen LogP contribution in [-0.4, -0.2) is 34.4 Å². The van der Waals surface area contributed by atoms with Crippen LogP contribution in [0, 0.1) is 6.92 Å². The number of carbonyl (C=O) groups is 1. The van der Waals surface area contributed by atoms with Gasteiger partial charge in [-0.15, -0.1) is 0 Å². The Morgan fingerprint density at radius 3 is 2.80 bits per heavy atom. The molecule has 0 unspecified atom stereocenters. The zero-order chi connectivity index (χ0) is 17.8. The quantitative estimate of drug-likeness (QED) is 0.749. The molecule has 3 aromatic rings. The number of nitrogens with one attached hydrogen (secondary N) is 2. The third kappa shape index (κ3) is 4.30. The number of H-pyrrole nitrogens is 1. The van der Waals surface area contributed by atoms with Crippen molar-refractivity contribution in [2.75, 3.05) is 18.9 Å². The number of aromatic nitrogens is 2. The van der Waals surface area contributed by atoms with Crippen molar-refractivity contribution in [3.8, 4) is 0 Å². The summed E-state index contributed by atoms with van der Waals surface area (Å²) < 4.78 is 0. The molecule has 1 amide bonds. The molecule has 0 saturated carbocycles. The Kier molecular flexibility index (Phi) is 4.90. The van der Waals surface area contributed by atoms with E-state index in [-0.39, 0.29) is 18.0 Å². The van der Waals surface area contributed by atoms with Crippen LogP contribution in [0.2, 0.25) is 0 Å². The molecule has 0 saturated heterocycles. The molecule has 0 aliphatic carbocycles. The van der Waals surface area contributed by atoms with Crippen LogP contribution in [0.3, 0.4) is 0 Å². The lowest BCUT2D eigenvalue weighted by atomic mass is 10.2. The van der Waals surface area contributed by atoms with Crippen molar-refractivity contribution in [2.24, 2.45) is 0 Å². The summed E-state index contributed by atoms with van der Waals surface area (Å²) in [5.74, 6) is 0.422. The van der Waals surface area contributed by atoms with E-state index in [9.17, 15) is 9.59 Å². The fourth-order valence-electron chi connectivity index (χ4n) is 2.69. The van der Waals surface area contributed by atoms with Crippen LogP contribution in [0.15, 0.2) is 53.3 Å². The Morgan fingerprint density at radius 1 is 1.20 bits per heavy atom. The summed E-state index contributed by atoms with van der Waals surface area (Å²) in [6, 6.07) is 14.8. The van der Waals surface area contributed by atoms with E-state index in [4.69, 9.17) is 0 Å². The molecule has 0 fully saturated rings. The molecule has 6 heteroatoms. The van der Waals surface area contributed by atoms with Crippen molar-refractivity contribution in [3.05, 3.63) is 70.3 Å². The molecule has 0 aliphatic rings. The van der Waals surface area contributed by atoms with Crippen molar-refractivity contribution in [1.29, 1.82) is 0 Å². The molecule has 128 valence electrons. The number of para-hydroxylation sites is 1. The first-order valence-electron chi connectivity index (χ1n) is 8.04. The second-order valence-corrected chi connectivity index (χ2v) is 6.12. The van der Waals surface area contributed by atoms with E-state index >= 15 is 0 Å². The van der Waals surface area contributed by atoms with E-state index in [1.165, 1.54) is 0 Å². The molecule has 1 aromatic heterocycles. The number of aryl methyl sites for hydroxylation is 1. The number of nitrogens with zero attached hydrogens (tertiary/aromatic N) is 2. The largest absolute Gasteiger partial charge is 0.325 e. The standard InChI is InChI=1S/C19H20N4O2/c1-13-6-5-7-14(10-13)20-18(24)12-23(2)11-17-21-16-9-4-3-8-15(16)19(25)22-17/h3-10H,11-12H2,1-2H3,(H,20,24)(H,21,22,25). The van der Waals surface area contributed by atoms with Crippen molar-refractivity contribution < 1.29 is 4.79 Å². The van der Waals surface area contributed by atoms with Crippen molar-refractivity contribution in [2.45, 2.75) is 13.5 Å². The number of anilines is 1. The summed E-state index contributed by atoms with van der Waals surface area (Å²) in [5.41, 5.74) is 2.34. The minimum absolute atomic E-state index is 0.115. The number of likely N-dealkylation sites (N-methyl/N-ethyl adjacent to an activating group) is 1. The number of fused-ring (bicyclic) bond motifs is 1. The van der Waals surface area contributed by atoms with E-state index in [0.29, 0.717) is 23.3 Å². The zero-order valence-corrected chi connectivity index (χ0v) is 14.2. The van der Waals surface area contributed by atoms with Crippen LogP contribution in [0.25, 0.3) is 10.9 Å².